The lowest BCUT2D eigenvalue weighted by molar-refractivity contribution is -0.121. The molecule has 0 saturated carbocycles. The number of unbranched alkanes of at least 4 members (excludes halogenated alkanes) is 9. The molecule has 0 atom stereocenters. The van der Waals surface area contributed by atoms with Gasteiger partial charge in [0.2, 0.25) is 5.91 Å². The zero-order valence-corrected chi connectivity index (χ0v) is 28.5. The van der Waals surface area contributed by atoms with Crippen molar-refractivity contribution in [2.75, 3.05) is 51.7 Å². The molecule has 3 rings (SSSR count). The monoisotopic (exact) mass is 624 g/mol. The molecule has 0 aliphatic carbocycles. The molecule has 0 unspecified atom stereocenters. The molecular formula is C36H60N6O3. The molecule has 3 N–H and O–H groups in total. The Bertz CT molecular complexity index is 1230. The molecule has 2 aromatic heterocycles. The molecule has 0 spiro atoms. The number of nitrogens with one attached hydrogen (secondary N) is 1. The number of fused-ring (bicyclic) bond motifs is 3. The molecule has 0 aliphatic heterocycles. The number of carbonyl (C=O) groups excluding carboxylic acids is 1. The van der Waals surface area contributed by atoms with E-state index in [0.29, 0.717) is 44.1 Å². The van der Waals surface area contributed by atoms with E-state index in [2.05, 4.69) is 36.0 Å². The van der Waals surface area contributed by atoms with E-state index in [-0.39, 0.29) is 5.91 Å². The number of imidazole rings is 1. The zero-order valence-electron chi connectivity index (χ0n) is 28.5. The van der Waals surface area contributed by atoms with Crippen LogP contribution in [0.3, 0.4) is 0 Å². The van der Waals surface area contributed by atoms with Crippen molar-refractivity contribution in [1.82, 2.24) is 24.9 Å². The van der Waals surface area contributed by atoms with Crippen LogP contribution in [0.4, 0.5) is 5.82 Å². The quantitative estimate of drug-likeness (QED) is 0.0918. The maximum atomic E-state index is 12.5. The largest absolute Gasteiger partial charge is 0.410 e. The van der Waals surface area contributed by atoms with Crippen molar-refractivity contribution in [2.45, 2.75) is 117 Å². The van der Waals surface area contributed by atoms with Crippen LogP contribution >= 0.6 is 0 Å². The summed E-state index contributed by atoms with van der Waals surface area (Å²) in [6.45, 7) is 11.7. The molecule has 45 heavy (non-hydrogen) atoms. The molecule has 0 fully saturated rings. The van der Waals surface area contributed by atoms with Gasteiger partial charge >= 0.3 is 0 Å². The smallest absolute Gasteiger partial charge is 0.220 e. The van der Waals surface area contributed by atoms with E-state index in [4.69, 9.17) is 20.3 Å². The molecular weight excluding hydrogens is 564 g/mol. The van der Waals surface area contributed by atoms with Crippen molar-refractivity contribution in [3.63, 3.8) is 0 Å². The number of anilines is 1. The van der Waals surface area contributed by atoms with Crippen molar-refractivity contribution in [3.8, 4) is 0 Å². The number of pyridine rings is 1. The first-order valence-electron chi connectivity index (χ1n) is 17.8. The third-order valence-electron chi connectivity index (χ3n) is 8.35. The Morgan fingerprint density at radius 2 is 1.49 bits per heavy atom. The van der Waals surface area contributed by atoms with Gasteiger partial charge in [0.15, 0.2) is 5.82 Å². The first-order valence-corrected chi connectivity index (χ1v) is 17.8. The highest BCUT2D eigenvalue weighted by Gasteiger charge is 2.18. The number of amides is 1. The fraction of sp³-hybridized carbons (Fsp3) is 0.694. The van der Waals surface area contributed by atoms with Crippen molar-refractivity contribution >= 4 is 33.7 Å². The first-order chi connectivity index (χ1) is 22.1. The maximum Gasteiger partial charge on any atom is 0.220 e. The SMILES string of the molecule is CCCCCCCN(CCCCCCC)CCCC(=O)NCCOCCOn1c(CCCC)nc2c(N)nc3ccccc3c21. The molecule has 0 aliphatic rings. The van der Waals surface area contributed by atoms with Crippen molar-refractivity contribution in [1.29, 1.82) is 0 Å². The molecule has 252 valence electrons. The summed E-state index contributed by atoms with van der Waals surface area (Å²) in [7, 11) is 0. The molecule has 0 saturated heterocycles. The number of ether oxygens (including phenoxy) is 1. The molecule has 0 radical (unpaired) electrons. The second kappa shape index (κ2) is 21.8. The lowest BCUT2D eigenvalue weighted by atomic mass is 10.1. The van der Waals surface area contributed by atoms with E-state index in [1.807, 2.05) is 29.0 Å². The zero-order chi connectivity index (χ0) is 32.1. The average Bonchev–Trinajstić information content (AvgIpc) is 3.41. The second-order valence-electron chi connectivity index (χ2n) is 12.2. The Kier molecular flexibility index (Phi) is 17.7. The van der Waals surface area contributed by atoms with E-state index in [1.165, 1.54) is 64.2 Å². The number of para-hydroxylation sites is 1. The predicted octanol–water partition coefficient (Wildman–Crippen LogP) is 7.09. The molecule has 3 aromatic rings. The van der Waals surface area contributed by atoms with Crippen LogP contribution in [0, 0.1) is 0 Å². The Labute approximate surface area is 271 Å². The number of nitrogens with two attached hydrogens (primary N) is 1. The van der Waals surface area contributed by atoms with Gasteiger partial charge in [-0.1, -0.05) is 96.8 Å². The van der Waals surface area contributed by atoms with E-state index in [0.717, 1.165) is 67.6 Å². The van der Waals surface area contributed by atoms with Crippen LogP contribution < -0.4 is 15.9 Å². The van der Waals surface area contributed by atoms with E-state index in [1.54, 1.807) is 0 Å². The Hall–Kier alpha value is -2.91. The highest BCUT2D eigenvalue weighted by Crippen LogP contribution is 2.28. The highest BCUT2D eigenvalue weighted by atomic mass is 16.7. The van der Waals surface area contributed by atoms with Gasteiger partial charge in [-0.05, 0) is 51.4 Å². The number of nitrogens with zero attached hydrogens (tertiary/aromatic N) is 4. The number of aromatic nitrogens is 3. The van der Waals surface area contributed by atoms with Gasteiger partial charge in [0.05, 0.1) is 18.7 Å². The molecule has 9 nitrogen and oxygen atoms in total. The van der Waals surface area contributed by atoms with Crippen LogP contribution in [0.15, 0.2) is 24.3 Å². The standard InChI is InChI=1S/C36H60N6O3/c1-4-7-10-12-16-24-41(25-17-13-11-8-5-2)26-18-22-33(43)38-23-27-44-28-29-45-42-32(21-9-6-3)40-34-35(42)30-19-14-15-20-31(30)39-36(34)37/h14-15,19-20H,4-13,16-18,21-29H2,1-3H3,(H2,37,39)(H,38,43). The molecule has 1 amide bonds. The van der Waals surface area contributed by atoms with Crippen LogP contribution in [0.1, 0.15) is 116 Å². The maximum absolute atomic E-state index is 12.5. The van der Waals surface area contributed by atoms with Crippen LogP contribution in [0.25, 0.3) is 21.9 Å². The van der Waals surface area contributed by atoms with Gasteiger partial charge in [-0.25, -0.2) is 9.97 Å². The number of rotatable bonds is 26. The number of nitrogen functional groups attached to an aromatic ring is 1. The minimum atomic E-state index is 0.101. The van der Waals surface area contributed by atoms with Crippen molar-refractivity contribution in [2.24, 2.45) is 0 Å². The van der Waals surface area contributed by atoms with Crippen molar-refractivity contribution in [3.05, 3.63) is 30.1 Å². The van der Waals surface area contributed by atoms with Gasteiger partial charge in [0, 0.05) is 24.8 Å². The number of hydrogen-bond acceptors (Lipinski definition) is 7. The highest BCUT2D eigenvalue weighted by molar-refractivity contribution is 6.06. The van der Waals surface area contributed by atoms with Crippen LogP contribution in [-0.4, -0.2) is 71.5 Å². The van der Waals surface area contributed by atoms with Gasteiger partial charge in [0.25, 0.3) is 0 Å². The van der Waals surface area contributed by atoms with Gasteiger partial charge in [-0.3, -0.25) is 4.79 Å². The van der Waals surface area contributed by atoms with E-state index in [9.17, 15) is 4.79 Å². The summed E-state index contributed by atoms with van der Waals surface area (Å²) >= 11 is 0. The van der Waals surface area contributed by atoms with Gasteiger partial charge in [-0.2, -0.15) is 4.73 Å². The number of benzene rings is 1. The molecule has 2 heterocycles. The summed E-state index contributed by atoms with van der Waals surface area (Å²) in [5.74, 6) is 1.35. The fourth-order valence-electron chi connectivity index (χ4n) is 5.77. The summed E-state index contributed by atoms with van der Waals surface area (Å²) in [4.78, 5) is 30.6. The normalized spacial score (nSPS) is 11.6. The summed E-state index contributed by atoms with van der Waals surface area (Å²) in [5, 5.41) is 3.98. The minimum Gasteiger partial charge on any atom is -0.410 e. The summed E-state index contributed by atoms with van der Waals surface area (Å²) in [6, 6.07) is 7.91. The third-order valence-corrected chi connectivity index (χ3v) is 8.35. The van der Waals surface area contributed by atoms with Gasteiger partial charge in [-0.15, -0.1) is 0 Å². The fourth-order valence-corrected chi connectivity index (χ4v) is 5.77. The molecule has 0 bridgehead atoms. The lowest BCUT2D eigenvalue weighted by Crippen LogP contribution is -2.31. The lowest BCUT2D eigenvalue weighted by Gasteiger charge is -2.22. The molecule has 1 aromatic carbocycles. The van der Waals surface area contributed by atoms with Crippen molar-refractivity contribution < 1.29 is 14.4 Å². The van der Waals surface area contributed by atoms with Gasteiger partial charge in [0.1, 0.15) is 23.5 Å². The third kappa shape index (κ3) is 12.8. The minimum absolute atomic E-state index is 0.101. The van der Waals surface area contributed by atoms with Gasteiger partial charge < -0.3 is 25.5 Å². The number of aryl methyl sites for hydroxylation is 1. The Balaban J connectivity index is 1.37. The summed E-state index contributed by atoms with van der Waals surface area (Å²) in [6.07, 6.45) is 17.4. The van der Waals surface area contributed by atoms with Crippen LogP contribution in [0.5, 0.6) is 0 Å². The predicted molar refractivity (Wildman–Crippen MR) is 187 cm³/mol. The summed E-state index contributed by atoms with van der Waals surface area (Å²) < 4.78 is 7.61. The second-order valence-corrected chi connectivity index (χ2v) is 12.2. The number of carbonyl (C=O) groups is 1. The van der Waals surface area contributed by atoms with E-state index >= 15 is 0 Å². The van der Waals surface area contributed by atoms with Crippen LogP contribution in [0.2, 0.25) is 0 Å². The van der Waals surface area contributed by atoms with Crippen LogP contribution in [-0.2, 0) is 16.0 Å². The Morgan fingerprint density at radius 1 is 0.822 bits per heavy atom. The average molecular weight is 625 g/mol. The molecule has 9 heteroatoms. The summed E-state index contributed by atoms with van der Waals surface area (Å²) in [5.41, 5.74) is 8.62. The van der Waals surface area contributed by atoms with E-state index < -0.39 is 0 Å². The Morgan fingerprint density at radius 3 is 2.20 bits per heavy atom. The topological polar surface area (TPSA) is 108 Å². The first kappa shape index (κ1) is 36.6. The number of hydrogen-bond donors (Lipinski definition) is 2.